The molecule has 0 radical (unpaired) electrons. The molecule has 9 nitrogen and oxygen atoms in total. The van der Waals surface area contributed by atoms with Crippen LogP contribution in [0.25, 0.3) is 0 Å². The zero-order valence-corrected chi connectivity index (χ0v) is 17.8. The minimum Gasteiger partial charge on any atom is -0.452 e. The molecule has 164 valence electrons. The van der Waals surface area contributed by atoms with Gasteiger partial charge in [-0.25, -0.2) is 13.2 Å². The fourth-order valence-corrected chi connectivity index (χ4v) is 4.68. The van der Waals surface area contributed by atoms with Crippen molar-refractivity contribution in [3.8, 4) is 0 Å². The summed E-state index contributed by atoms with van der Waals surface area (Å²) in [7, 11) is -3.60. The maximum atomic E-state index is 12.6. The van der Waals surface area contributed by atoms with Crippen LogP contribution in [0, 0.1) is 0 Å². The fraction of sp³-hybridized carbons (Fsp3) is 0.286. The van der Waals surface area contributed by atoms with Crippen LogP contribution < -0.4 is 10.6 Å². The van der Waals surface area contributed by atoms with E-state index in [1.807, 2.05) is 0 Å². The summed E-state index contributed by atoms with van der Waals surface area (Å²) in [5.74, 6) is -1.53. The number of esters is 1. The maximum absolute atomic E-state index is 12.6. The minimum absolute atomic E-state index is 0.100. The Balaban J connectivity index is 1.56. The van der Waals surface area contributed by atoms with Crippen molar-refractivity contribution < 1.29 is 27.5 Å². The number of nitrogens with one attached hydrogen (secondary N) is 2. The van der Waals surface area contributed by atoms with Gasteiger partial charge in [-0.1, -0.05) is 6.07 Å². The van der Waals surface area contributed by atoms with Gasteiger partial charge in [0.15, 0.2) is 6.61 Å². The van der Waals surface area contributed by atoms with Crippen LogP contribution in [0.5, 0.6) is 0 Å². The number of sulfonamides is 1. The normalized spacial score (nSPS) is 14.1. The van der Waals surface area contributed by atoms with Crippen LogP contribution in [0.2, 0.25) is 0 Å². The molecule has 1 heterocycles. The molecule has 2 aromatic carbocycles. The number of ether oxygens (including phenoxy) is 1. The highest BCUT2D eigenvalue weighted by molar-refractivity contribution is 7.89. The van der Waals surface area contributed by atoms with Crippen molar-refractivity contribution in [3.63, 3.8) is 0 Å². The monoisotopic (exact) mass is 445 g/mol. The van der Waals surface area contributed by atoms with Crippen molar-refractivity contribution in [2.45, 2.75) is 24.7 Å². The third-order valence-electron chi connectivity index (χ3n) is 4.60. The quantitative estimate of drug-likeness (QED) is 0.630. The molecule has 2 aromatic rings. The number of anilines is 2. The highest BCUT2D eigenvalue weighted by Crippen LogP contribution is 2.23. The van der Waals surface area contributed by atoms with Gasteiger partial charge in [0.05, 0.1) is 10.5 Å². The molecule has 2 amide bonds. The smallest absolute Gasteiger partial charge is 0.338 e. The highest BCUT2D eigenvalue weighted by Gasteiger charge is 2.27. The average molecular weight is 445 g/mol. The molecule has 1 saturated heterocycles. The highest BCUT2D eigenvalue weighted by atomic mass is 32.2. The Bertz CT molecular complexity index is 1080. The van der Waals surface area contributed by atoms with Gasteiger partial charge in [-0.15, -0.1) is 0 Å². The van der Waals surface area contributed by atoms with Gasteiger partial charge < -0.3 is 15.4 Å². The van der Waals surface area contributed by atoms with Crippen molar-refractivity contribution in [3.05, 3.63) is 54.1 Å². The summed E-state index contributed by atoms with van der Waals surface area (Å²) in [6.45, 7) is 1.81. The number of nitrogens with zero attached hydrogens (tertiary/aromatic N) is 1. The van der Waals surface area contributed by atoms with E-state index in [2.05, 4.69) is 10.6 Å². The molecule has 0 aromatic heterocycles. The van der Waals surface area contributed by atoms with Crippen LogP contribution in [0.15, 0.2) is 53.4 Å². The molecule has 1 fully saturated rings. The molecule has 0 saturated carbocycles. The molecule has 2 N–H and O–H groups in total. The first kappa shape index (κ1) is 22.4. The number of rotatable bonds is 7. The Labute approximate surface area is 180 Å². The average Bonchev–Trinajstić information content (AvgIpc) is 3.28. The first-order valence-electron chi connectivity index (χ1n) is 9.70. The maximum Gasteiger partial charge on any atom is 0.338 e. The Morgan fingerprint density at radius 1 is 0.968 bits per heavy atom. The molecule has 1 aliphatic heterocycles. The predicted octanol–water partition coefficient (Wildman–Crippen LogP) is 2.22. The van der Waals surface area contributed by atoms with Gasteiger partial charge in [0.2, 0.25) is 15.9 Å². The van der Waals surface area contributed by atoms with Crippen molar-refractivity contribution >= 4 is 39.2 Å². The van der Waals surface area contributed by atoms with Gasteiger partial charge in [0.25, 0.3) is 5.91 Å². The largest absolute Gasteiger partial charge is 0.452 e. The van der Waals surface area contributed by atoms with Crippen molar-refractivity contribution in [2.75, 3.05) is 30.3 Å². The Morgan fingerprint density at radius 3 is 2.29 bits per heavy atom. The lowest BCUT2D eigenvalue weighted by Crippen LogP contribution is -2.28. The second kappa shape index (κ2) is 9.71. The summed E-state index contributed by atoms with van der Waals surface area (Å²) in [6.07, 6.45) is 1.66. The SMILES string of the molecule is CC(=O)Nc1ccc(C(=O)OCC(=O)Nc2cccc(S(=O)(=O)N3CCCC3)c2)cc1. The molecule has 0 aliphatic carbocycles. The van der Waals surface area contributed by atoms with Crippen molar-refractivity contribution in [1.82, 2.24) is 4.31 Å². The van der Waals surface area contributed by atoms with Crippen LogP contribution in [0.3, 0.4) is 0 Å². The number of benzene rings is 2. The van der Waals surface area contributed by atoms with Gasteiger partial charge in [-0.3, -0.25) is 9.59 Å². The lowest BCUT2D eigenvalue weighted by atomic mass is 10.2. The van der Waals surface area contributed by atoms with Gasteiger partial charge in [0, 0.05) is 31.4 Å². The molecule has 31 heavy (non-hydrogen) atoms. The second-order valence-corrected chi connectivity index (χ2v) is 8.96. The fourth-order valence-electron chi connectivity index (χ4n) is 3.12. The summed E-state index contributed by atoms with van der Waals surface area (Å²) in [6, 6.07) is 12.0. The minimum atomic E-state index is -3.60. The lowest BCUT2D eigenvalue weighted by molar-refractivity contribution is -0.119. The molecule has 3 rings (SSSR count). The van der Waals surface area contributed by atoms with E-state index in [0.717, 1.165) is 12.8 Å². The summed E-state index contributed by atoms with van der Waals surface area (Å²) >= 11 is 0. The third kappa shape index (κ3) is 5.89. The van der Waals surface area contributed by atoms with Crippen LogP contribution in [0.4, 0.5) is 11.4 Å². The molecule has 0 bridgehead atoms. The Kier molecular flexibility index (Phi) is 7.03. The topological polar surface area (TPSA) is 122 Å². The first-order chi connectivity index (χ1) is 14.8. The number of carbonyl (C=O) groups excluding carboxylic acids is 3. The van der Waals surface area contributed by atoms with E-state index in [1.165, 1.54) is 35.5 Å². The zero-order chi connectivity index (χ0) is 22.4. The summed E-state index contributed by atoms with van der Waals surface area (Å²) in [4.78, 5) is 35.4. The summed E-state index contributed by atoms with van der Waals surface area (Å²) in [5.41, 5.74) is 1.05. The second-order valence-electron chi connectivity index (χ2n) is 7.02. The third-order valence-corrected chi connectivity index (χ3v) is 6.49. The molecule has 10 heteroatoms. The molecule has 0 unspecified atom stereocenters. The summed E-state index contributed by atoms with van der Waals surface area (Å²) < 4.78 is 31.7. The number of amides is 2. The van der Waals surface area contributed by atoms with Crippen molar-refractivity contribution in [1.29, 1.82) is 0 Å². The van der Waals surface area contributed by atoms with Gasteiger partial charge >= 0.3 is 5.97 Å². The van der Waals surface area contributed by atoms with E-state index in [1.54, 1.807) is 24.3 Å². The zero-order valence-electron chi connectivity index (χ0n) is 17.0. The lowest BCUT2D eigenvalue weighted by Gasteiger charge is -2.16. The molecule has 0 spiro atoms. The van der Waals surface area contributed by atoms with E-state index >= 15 is 0 Å². The van der Waals surface area contributed by atoms with Gasteiger partial charge in [-0.05, 0) is 55.3 Å². The van der Waals surface area contributed by atoms with Crippen LogP contribution >= 0.6 is 0 Å². The van der Waals surface area contributed by atoms with Gasteiger partial charge in [-0.2, -0.15) is 4.31 Å². The number of hydrogen-bond donors (Lipinski definition) is 2. The number of carbonyl (C=O) groups is 3. The van der Waals surface area contributed by atoms with Crippen molar-refractivity contribution in [2.24, 2.45) is 0 Å². The summed E-state index contributed by atoms with van der Waals surface area (Å²) in [5, 5.41) is 5.12. The molecular weight excluding hydrogens is 422 g/mol. The van der Waals surface area contributed by atoms with Crippen LogP contribution in [-0.4, -0.2) is 50.2 Å². The standard InChI is InChI=1S/C21H23N3O6S/c1-15(25)22-17-9-7-16(8-10-17)21(27)30-14-20(26)23-18-5-4-6-19(13-18)31(28,29)24-11-2-3-12-24/h4-10,13H,2-3,11-12,14H2,1H3,(H,22,25)(H,23,26). The van der Waals surface area contributed by atoms with E-state index in [9.17, 15) is 22.8 Å². The van der Waals surface area contributed by atoms with E-state index in [4.69, 9.17) is 4.74 Å². The molecular formula is C21H23N3O6S. The predicted molar refractivity (Wildman–Crippen MR) is 114 cm³/mol. The van der Waals surface area contributed by atoms with Crippen LogP contribution in [-0.2, 0) is 24.3 Å². The van der Waals surface area contributed by atoms with Crippen LogP contribution in [0.1, 0.15) is 30.1 Å². The first-order valence-corrected chi connectivity index (χ1v) is 11.1. The Hall–Kier alpha value is -3.24. The van der Waals surface area contributed by atoms with E-state index in [0.29, 0.717) is 24.5 Å². The number of hydrogen-bond acceptors (Lipinski definition) is 6. The molecule has 1 aliphatic rings. The van der Waals surface area contributed by atoms with E-state index in [-0.39, 0.29) is 16.4 Å². The molecule has 0 atom stereocenters. The Morgan fingerprint density at radius 2 is 1.65 bits per heavy atom. The van der Waals surface area contributed by atoms with E-state index < -0.39 is 28.5 Å². The van der Waals surface area contributed by atoms with Gasteiger partial charge in [0.1, 0.15) is 0 Å².